The molecule has 1 aliphatic heterocycles. The topological polar surface area (TPSA) is 62.7 Å². The van der Waals surface area contributed by atoms with Gasteiger partial charge in [0.25, 0.3) is 0 Å². The lowest BCUT2D eigenvalue weighted by atomic mass is 10.0. The van der Waals surface area contributed by atoms with E-state index in [1.807, 2.05) is 26.1 Å². The molecule has 0 saturated carbocycles. The van der Waals surface area contributed by atoms with Crippen LogP contribution < -0.4 is 0 Å². The summed E-state index contributed by atoms with van der Waals surface area (Å²) in [5.74, 6) is 0. The second kappa shape index (κ2) is 8.32. The van der Waals surface area contributed by atoms with Crippen LogP contribution in [0.4, 0.5) is 4.79 Å². The minimum atomic E-state index is -0.263. The summed E-state index contributed by atoms with van der Waals surface area (Å²) < 4.78 is 5.52. The number of nitrogens with zero attached hydrogens (tertiary/aromatic N) is 2. The zero-order valence-electron chi connectivity index (χ0n) is 15.4. The highest BCUT2D eigenvalue weighted by molar-refractivity contribution is 5.69. The van der Waals surface area contributed by atoms with E-state index in [-0.39, 0.29) is 24.8 Å². The van der Waals surface area contributed by atoms with Gasteiger partial charge in [-0.25, -0.2) is 4.79 Å². The van der Waals surface area contributed by atoms with Crippen molar-refractivity contribution in [3.05, 3.63) is 53.9 Å². The molecule has 1 aliphatic rings. The van der Waals surface area contributed by atoms with Crippen LogP contribution in [-0.2, 0) is 4.74 Å². The van der Waals surface area contributed by atoms with Crippen molar-refractivity contribution < 1.29 is 14.6 Å². The summed E-state index contributed by atoms with van der Waals surface area (Å²) in [6, 6.07) is 12.3. The molecule has 26 heavy (non-hydrogen) atoms. The van der Waals surface area contributed by atoms with Crippen LogP contribution in [0.1, 0.15) is 43.5 Å². The number of hydrogen-bond acceptors (Lipinski definition) is 4. The number of benzene rings is 1. The SMILES string of the molecule is Cc1cc(-c2ccc(C(C)N3CCC(CCCO)OC3=O)cc2)ccn1. The quantitative estimate of drug-likeness (QED) is 0.848. The lowest BCUT2D eigenvalue weighted by Crippen LogP contribution is -2.43. The van der Waals surface area contributed by atoms with Crippen molar-refractivity contribution in [3.8, 4) is 11.1 Å². The molecule has 0 radical (unpaired) electrons. The highest BCUT2D eigenvalue weighted by Crippen LogP contribution is 2.28. The lowest BCUT2D eigenvalue weighted by molar-refractivity contribution is 0.00760. The average molecular weight is 354 g/mol. The fourth-order valence-corrected chi connectivity index (χ4v) is 3.38. The van der Waals surface area contributed by atoms with Gasteiger partial charge in [0.2, 0.25) is 0 Å². The predicted octanol–water partition coefficient (Wildman–Crippen LogP) is 4.10. The molecular formula is C21H26N2O3. The summed E-state index contributed by atoms with van der Waals surface area (Å²) in [6.45, 7) is 4.83. The summed E-state index contributed by atoms with van der Waals surface area (Å²) >= 11 is 0. The zero-order valence-corrected chi connectivity index (χ0v) is 15.4. The Morgan fingerprint density at radius 3 is 2.69 bits per heavy atom. The van der Waals surface area contributed by atoms with Crippen molar-refractivity contribution in [2.24, 2.45) is 0 Å². The highest BCUT2D eigenvalue weighted by atomic mass is 16.6. The van der Waals surface area contributed by atoms with Crippen LogP contribution in [0.15, 0.2) is 42.6 Å². The molecule has 1 saturated heterocycles. The van der Waals surface area contributed by atoms with Gasteiger partial charge in [0.05, 0.1) is 6.04 Å². The van der Waals surface area contributed by atoms with Crippen LogP contribution in [-0.4, -0.2) is 40.3 Å². The Morgan fingerprint density at radius 2 is 2.04 bits per heavy atom. The largest absolute Gasteiger partial charge is 0.446 e. The fourth-order valence-electron chi connectivity index (χ4n) is 3.38. The van der Waals surface area contributed by atoms with Gasteiger partial charge >= 0.3 is 6.09 Å². The number of amides is 1. The summed E-state index contributed by atoms with van der Waals surface area (Å²) in [7, 11) is 0. The highest BCUT2D eigenvalue weighted by Gasteiger charge is 2.30. The van der Waals surface area contributed by atoms with E-state index >= 15 is 0 Å². The maximum Gasteiger partial charge on any atom is 0.410 e. The van der Waals surface area contributed by atoms with Gasteiger partial charge in [0.1, 0.15) is 6.10 Å². The van der Waals surface area contributed by atoms with Gasteiger partial charge in [-0.05, 0) is 55.5 Å². The van der Waals surface area contributed by atoms with Crippen molar-refractivity contribution >= 4 is 6.09 Å². The molecule has 2 atom stereocenters. The van der Waals surface area contributed by atoms with Gasteiger partial charge in [-0.15, -0.1) is 0 Å². The number of aliphatic hydroxyl groups is 1. The number of cyclic esters (lactones) is 1. The maximum atomic E-state index is 12.3. The molecular weight excluding hydrogens is 328 g/mol. The van der Waals surface area contributed by atoms with Gasteiger partial charge in [0.15, 0.2) is 0 Å². The third kappa shape index (κ3) is 4.22. The van der Waals surface area contributed by atoms with Gasteiger partial charge in [-0.2, -0.15) is 0 Å². The van der Waals surface area contributed by atoms with Gasteiger partial charge in [0, 0.05) is 31.5 Å². The Kier molecular flexibility index (Phi) is 5.89. The van der Waals surface area contributed by atoms with E-state index in [4.69, 9.17) is 9.84 Å². The van der Waals surface area contributed by atoms with E-state index in [1.54, 1.807) is 4.90 Å². The second-order valence-corrected chi connectivity index (χ2v) is 6.84. The maximum absolute atomic E-state index is 12.3. The van der Waals surface area contributed by atoms with Crippen LogP contribution in [0.2, 0.25) is 0 Å². The van der Waals surface area contributed by atoms with E-state index in [9.17, 15) is 4.79 Å². The normalized spacial score (nSPS) is 18.5. The molecule has 5 heteroatoms. The lowest BCUT2D eigenvalue weighted by Gasteiger charge is -2.35. The number of aryl methyl sites for hydroxylation is 1. The molecule has 0 aliphatic carbocycles. The monoisotopic (exact) mass is 354 g/mol. The molecule has 2 aromatic rings. The van der Waals surface area contributed by atoms with Gasteiger partial charge in [-0.1, -0.05) is 24.3 Å². The van der Waals surface area contributed by atoms with Crippen LogP contribution in [0.3, 0.4) is 0 Å². The molecule has 1 fully saturated rings. The summed E-state index contributed by atoms with van der Waals surface area (Å²) in [5, 5.41) is 8.92. The first-order valence-electron chi connectivity index (χ1n) is 9.19. The minimum absolute atomic E-state index is 0.0329. The number of carbonyl (C=O) groups is 1. The number of rotatable bonds is 6. The molecule has 2 heterocycles. The molecule has 1 N–H and O–H groups in total. The van der Waals surface area contributed by atoms with Crippen LogP contribution in [0, 0.1) is 6.92 Å². The summed E-state index contributed by atoms with van der Waals surface area (Å²) in [6.07, 6.45) is 3.69. The zero-order chi connectivity index (χ0) is 18.5. The first-order chi connectivity index (χ1) is 12.6. The van der Waals surface area contributed by atoms with E-state index < -0.39 is 0 Å². The number of aliphatic hydroxyl groups excluding tert-OH is 1. The van der Waals surface area contributed by atoms with E-state index in [0.717, 1.165) is 35.2 Å². The van der Waals surface area contributed by atoms with Crippen molar-refractivity contribution in [2.45, 2.75) is 45.3 Å². The second-order valence-electron chi connectivity index (χ2n) is 6.84. The average Bonchev–Trinajstić information content (AvgIpc) is 2.66. The Balaban J connectivity index is 1.67. The summed E-state index contributed by atoms with van der Waals surface area (Å²) in [4.78, 5) is 18.4. The molecule has 3 rings (SSSR count). The Bertz CT molecular complexity index is 745. The number of pyridine rings is 1. The standard InChI is InChI=1S/C21H26N2O3/c1-15-14-19(9-11-22-15)18-7-5-17(6-8-18)16(2)23-12-10-20(4-3-13-24)26-21(23)25/h5-9,11,14,16,20,24H,3-4,10,12-13H2,1-2H3. The van der Waals surface area contributed by atoms with Crippen molar-refractivity contribution in [1.29, 1.82) is 0 Å². The minimum Gasteiger partial charge on any atom is -0.446 e. The van der Waals surface area contributed by atoms with E-state index in [0.29, 0.717) is 13.0 Å². The first kappa shape index (κ1) is 18.4. The molecule has 1 amide bonds. The predicted molar refractivity (Wildman–Crippen MR) is 101 cm³/mol. The third-order valence-corrected chi connectivity index (χ3v) is 4.97. The number of ether oxygens (including phenoxy) is 1. The number of aromatic nitrogens is 1. The Labute approximate surface area is 154 Å². The first-order valence-corrected chi connectivity index (χ1v) is 9.19. The van der Waals surface area contributed by atoms with E-state index in [1.165, 1.54) is 0 Å². The molecule has 5 nitrogen and oxygen atoms in total. The molecule has 1 aromatic carbocycles. The van der Waals surface area contributed by atoms with Gasteiger partial charge in [-0.3, -0.25) is 4.98 Å². The van der Waals surface area contributed by atoms with Crippen molar-refractivity contribution in [3.63, 3.8) is 0 Å². The van der Waals surface area contributed by atoms with Crippen molar-refractivity contribution in [2.75, 3.05) is 13.2 Å². The third-order valence-electron chi connectivity index (χ3n) is 4.97. The number of hydrogen-bond donors (Lipinski definition) is 1. The van der Waals surface area contributed by atoms with Crippen LogP contribution in [0.5, 0.6) is 0 Å². The van der Waals surface area contributed by atoms with Crippen molar-refractivity contribution in [1.82, 2.24) is 9.88 Å². The van der Waals surface area contributed by atoms with E-state index in [2.05, 4.69) is 35.3 Å². The van der Waals surface area contributed by atoms with Gasteiger partial charge < -0.3 is 14.7 Å². The number of carbonyl (C=O) groups excluding carboxylic acids is 1. The molecule has 0 spiro atoms. The molecule has 1 aromatic heterocycles. The van der Waals surface area contributed by atoms with Crippen LogP contribution in [0.25, 0.3) is 11.1 Å². The molecule has 138 valence electrons. The molecule has 0 bridgehead atoms. The summed E-state index contributed by atoms with van der Waals surface area (Å²) in [5.41, 5.74) is 4.36. The van der Waals surface area contributed by atoms with Crippen LogP contribution >= 0.6 is 0 Å². The fraction of sp³-hybridized carbons (Fsp3) is 0.429. The Morgan fingerprint density at radius 1 is 1.27 bits per heavy atom. The smallest absolute Gasteiger partial charge is 0.410 e. The molecule has 2 unspecified atom stereocenters. The Hall–Kier alpha value is -2.40.